The van der Waals surface area contributed by atoms with Crippen LogP contribution in [0.1, 0.15) is 41.6 Å². The maximum atomic E-state index is 12.6. The van der Waals surface area contributed by atoms with Crippen LogP contribution in [0.3, 0.4) is 0 Å². The van der Waals surface area contributed by atoms with Gasteiger partial charge < -0.3 is 14.7 Å². The molecule has 1 aliphatic rings. The number of hydrogen-bond acceptors (Lipinski definition) is 4. The topological polar surface area (TPSA) is 66.8 Å². The molecule has 1 fully saturated rings. The minimum Gasteiger partial charge on any atom is -0.469 e. The van der Waals surface area contributed by atoms with Crippen LogP contribution in [-0.2, 0) is 16.1 Å². The number of rotatable bonds is 4. The normalized spacial score (nSPS) is 18.4. The van der Waals surface area contributed by atoms with E-state index in [9.17, 15) is 9.59 Å². The van der Waals surface area contributed by atoms with E-state index in [0.29, 0.717) is 12.1 Å². The van der Waals surface area contributed by atoms with E-state index in [2.05, 4.69) is 0 Å². The van der Waals surface area contributed by atoms with Crippen LogP contribution in [0.4, 0.5) is 0 Å². The molecular formula is C16H21NO4. The Hall–Kier alpha value is -1.88. The molecule has 1 unspecified atom stereocenters. The summed E-state index contributed by atoms with van der Waals surface area (Å²) in [6.07, 6.45) is 3.06. The Labute approximate surface area is 124 Å². The van der Waals surface area contributed by atoms with Gasteiger partial charge in [0.05, 0.1) is 20.1 Å². The molecule has 0 aliphatic carbocycles. The SMILES string of the molecule is COC(=O)CC1CCCCN1C(=O)c1ccc(CO)cc1. The molecule has 1 N–H and O–H groups in total. The minimum absolute atomic E-state index is 0.0385. The fourth-order valence-electron chi connectivity index (χ4n) is 2.67. The zero-order valence-corrected chi connectivity index (χ0v) is 12.2. The average Bonchev–Trinajstić information content (AvgIpc) is 2.54. The minimum atomic E-state index is -0.282. The third-order valence-corrected chi connectivity index (χ3v) is 3.90. The van der Waals surface area contributed by atoms with Gasteiger partial charge >= 0.3 is 5.97 Å². The van der Waals surface area contributed by atoms with Crippen molar-refractivity contribution < 1.29 is 19.4 Å². The molecule has 0 saturated carbocycles. The van der Waals surface area contributed by atoms with Gasteiger partial charge in [-0.2, -0.15) is 0 Å². The van der Waals surface area contributed by atoms with Crippen LogP contribution in [0.15, 0.2) is 24.3 Å². The summed E-state index contributed by atoms with van der Waals surface area (Å²) in [7, 11) is 1.37. The lowest BCUT2D eigenvalue weighted by Gasteiger charge is -2.35. The fourth-order valence-corrected chi connectivity index (χ4v) is 2.67. The predicted octanol–water partition coefficient (Wildman–Crippen LogP) is 1.74. The molecule has 114 valence electrons. The Morgan fingerprint density at radius 3 is 2.62 bits per heavy atom. The van der Waals surface area contributed by atoms with Crippen molar-refractivity contribution in [2.45, 2.75) is 38.3 Å². The third kappa shape index (κ3) is 3.82. The van der Waals surface area contributed by atoms with Crippen molar-refractivity contribution in [1.82, 2.24) is 4.90 Å². The number of carbonyl (C=O) groups excluding carboxylic acids is 2. The molecule has 5 heteroatoms. The Kier molecular flexibility index (Phi) is 5.33. The molecule has 0 aromatic heterocycles. The van der Waals surface area contributed by atoms with Crippen LogP contribution in [0.2, 0.25) is 0 Å². The van der Waals surface area contributed by atoms with E-state index in [4.69, 9.17) is 9.84 Å². The van der Waals surface area contributed by atoms with Crippen LogP contribution in [0.5, 0.6) is 0 Å². The summed E-state index contributed by atoms with van der Waals surface area (Å²) in [6.45, 7) is 0.630. The number of amides is 1. The Balaban J connectivity index is 2.11. The van der Waals surface area contributed by atoms with E-state index in [-0.39, 0.29) is 30.9 Å². The first-order chi connectivity index (χ1) is 10.2. The van der Waals surface area contributed by atoms with Crippen molar-refractivity contribution in [2.24, 2.45) is 0 Å². The second-order valence-corrected chi connectivity index (χ2v) is 5.28. The fraction of sp³-hybridized carbons (Fsp3) is 0.500. The summed E-state index contributed by atoms with van der Waals surface area (Å²) in [6, 6.07) is 6.84. The maximum Gasteiger partial charge on any atom is 0.307 e. The van der Waals surface area contributed by atoms with Crippen LogP contribution in [0, 0.1) is 0 Å². The van der Waals surface area contributed by atoms with E-state index >= 15 is 0 Å². The van der Waals surface area contributed by atoms with Crippen LogP contribution >= 0.6 is 0 Å². The van der Waals surface area contributed by atoms with Crippen molar-refractivity contribution in [1.29, 1.82) is 0 Å². The van der Waals surface area contributed by atoms with Crippen LogP contribution in [0.25, 0.3) is 0 Å². The van der Waals surface area contributed by atoms with Gasteiger partial charge in [0, 0.05) is 18.2 Å². The van der Waals surface area contributed by atoms with Crippen molar-refractivity contribution in [3.05, 3.63) is 35.4 Å². The zero-order valence-electron chi connectivity index (χ0n) is 12.2. The van der Waals surface area contributed by atoms with Crippen LogP contribution < -0.4 is 0 Å². The maximum absolute atomic E-state index is 12.6. The summed E-state index contributed by atoms with van der Waals surface area (Å²) in [5, 5.41) is 9.04. The number of aliphatic hydroxyl groups excluding tert-OH is 1. The van der Waals surface area contributed by atoms with Gasteiger partial charge in [0.1, 0.15) is 0 Å². The lowest BCUT2D eigenvalue weighted by molar-refractivity contribution is -0.142. The molecular weight excluding hydrogens is 270 g/mol. The lowest BCUT2D eigenvalue weighted by Crippen LogP contribution is -2.44. The highest BCUT2D eigenvalue weighted by Crippen LogP contribution is 2.22. The number of nitrogens with zero attached hydrogens (tertiary/aromatic N) is 1. The number of benzene rings is 1. The molecule has 21 heavy (non-hydrogen) atoms. The van der Waals surface area contributed by atoms with E-state index in [1.165, 1.54) is 7.11 Å². The van der Waals surface area contributed by atoms with Gasteiger partial charge in [-0.1, -0.05) is 12.1 Å². The molecule has 5 nitrogen and oxygen atoms in total. The first-order valence-corrected chi connectivity index (χ1v) is 7.23. The van der Waals surface area contributed by atoms with Gasteiger partial charge in [-0.15, -0.1) is 0 Å². The molecule has 1 aromatic rings. The Bertz CT molecular complexity index is 498. The van der Waals surface area contributed by atoms with Crippen molar-refractivity contribution in [3.8, 4) is 0 Å². The molecule has 2 rings (SSSR count). The summed E-state index contributed by atoms with van der Waals surface area (Å²) in [5.74, 6) is -0.344. The molecule has 1 aliphatic heterocycles. The van der Waals surface area contributed by atoms with E-state index < -0.39 is 0 Å². The number of likely N-dealkylation sites (tertiary alicyclic amines) is 1. The summed E-state index contributed by atoms with van der Waals surface area (Å²) >= 11 is 0. The molecule has 0 spiro atoms. The Morgan fingerprint density at radius 1 is 1.29 bits per heavy atom. The summed E-state index contributed by atoms with van der Waals surface area (Å²) in [4.78, 5) is 25.8. The van der Waals surface area contributed by atoms with E-state index in [1.807, 2.05) is 0 Å². The van der Waals surface area contributed by atoms with E-state index in [1.54, 1.807) is 29.2 Å². The molecule has 1 saturated heterocycles. The largest absolute Gasteiger partial charge is 0.469 e. The molecule has 1 atom stereocenters. The van der Waals surface area contributed by atoms with E-state index in [0.717, 1.165) is 24.8 Å². The highest BCUT2D eigenvalue weighted by molar-refractivity contribution is 5.94. The summed E-state index contributed by atoms with van der Waals surface area (Å²) < 4.78 is 4.71. The third-order valence-electron chi connectivity index (χ3n) is 3.90. The van der Waals surface area contributed by atoms with Crippen molar-refractivity contribution in [3.63, 3.8) is 0 Å². The second-order valence-electron chi connectivity index (χ2n) is 5.28. The lowest BCUT2D eigenvalue weighted by atomic mass is 9.98. The van der Waals surface area contributed by atoms with Gasteiger partial charge in [0.2, 0.25) is 0 Å². The second kappa shape index (κ2) is 7.22. The zero-order chi connectivity index (χ0) is 15.2. The van der Waals surface area contributed by atoms with Gasteiger partial charge in [0.15, 0.2) is 0 Å². The molecule has 1 heterocycles. The van der Waals surface area contributed by atoms with Gasteiger partial charge in [-0.05, 0) is 37.0 Å². The standard InChI is InChI=1S/C16H21NO4/c1-21-15(19)10-14-4-2-3-9-17(14)16(20)13-7-5-12(11-18)6-8-13/h5-8,14,18H,2-4,9-11H2,1H3. The first-order valence-electron chi connectivity index (χ1n) is 7.23. The van der Waals surface area contributed by atoms with Gasteiger partial charge in [-0.25, -0.2) is 0 Å². The monoisotopic (exact) mass is 291 g/mol. The number of esters is 1. The highest BCUT2D eigenvalue weighted by atomic mass is 16.5. The highest BCUT2D eigenvalue weighted by Gasteiger charge is 2.29. The number of hydrogen-bond donors (Lipinski definition) is 1. The average molecular weight is 291 g/mol. The summed E-state index contributed by atoms with van der Waals surface area (Å²) in [5.41, 5.74) is 1.36. The number of ether oxygens (including phenoxy) is 1. The number of piperidine rings is 1. The molecule has 1 amide bonds. The molecule has 1 aromatic carbocycles. The van der Waals surface area contributed by atoms with Gasteiger partial charge in [0.25, 0.3) is 5.91 Å². The molecule has 0 bridgehead atoms. The predicted molar refractivity (Wildman–Crippen MR) is 77.7 cm³/mol. The number of methoxy groups -OCH3 is 1. The number of carbonyl (C=O) groups is 2. The van der Waals surface area contributed by atoms with Crippen LogP contribution in [-0.4, -0.2) is 41.6 Å². The number of aliphatic hydroxyl groups is 1. The Morgan fingerprint density at radius 2 is 2.00 bits per heavy atom. The van der Waals surface area contributed by atoms with Gasteiger partial charge in [-0.3, -0.25) is 9.59 Å². The van der Waals surface area contributed by atoms with Crippen molar-refractivity contribution >= 4 is 11.9 Å². The first kappa shape index (κ1) is 15.5. The van der Waals surface area contributed by atoms with Crippen molar-refractivity contribution in [2.75, 3.05) is 13.7 Å². The smallest absolute Gasteiger partial charge is 0.307 e. The molecule has 0 radical (unpaired) electrons. The quantitative estimate of drug-likeness (QED) is 0.858.